The van der Waals surface area contributed by atoms with Gasteiger partial charge in [-0.3, -0.25) is 0 Å². The molecule has 21 heavy (non-hydrogen) atoms. The van der Waals surface area contributed by atoms with Crippen molar-refractivity contribution in [3.8, 4) is 11.5 Å². The SMILES string of the molecule is COc1ccc(CC(N)c2ccc(F)c(Br)c2)cc1OC. The van der Waals surface area contributed by atoms with Crippen LogP contribution in [0.25, 0.3) is 0 Å². The van der Waals surface area contributed by atoms with Gasteiger partial charge in [-0.05, 0) is 57.7 Å². The molecule has 0 bridgehead atoms. The third kappa shape index (κ3) is 3.74. The molecule has 2 rings (SSSR count). The lowest BCUT2D eigenvalue weighted by Gasteiger charge is -2.14. The Morgan fingerprint density at radius 1 is 1.10 bits per heavy atom. The van der Waals surface area contributed by atoms with Crippen LogP contribution >= 0.6 is 15.9 Å². The minimum atomic E-state index is -0.294. The van der Waals surface area contributed by atoms with Gasteiger partial charge in [0, 0.05) is 6.04 Å². The average molecular weight is 354 g/mol. The molecule has 0 saturated heterocycles. The Balaban J connectivity index is 2.18. The van der Waals surface area contributed by atoms with Crippen LogP contribution in [0.15, 0.2) is 40.9 Å². The number of nitrogens with two attached hydrogens (primary N) is 1. The zero-order valence-electron chi connectivity index (χ0n) is 11.9. The van der Waals surface area contributed by atoms with Crippen molar-refractivity contribution < 1.29 is 13.9 Å². The minimum Gasteiger partial charge on any atom is -0.493 e. The van der Waals surface area contributed by atoms with Crippen molar-refractivity contribution in [3.63, 3.8) is 0 Å². The molecule has 0 aromatic heterocycles. The lowest BCUT2D eigenvalue weighted by molar-refractivity contribution is 0.354. The van der Waals surface area contributed by atoms with Crippen molar-refractivity contribution in [2.24, 2.45) is 5.73 Å². The number of methoxy groups -OCH3 is 2. The van der Waals surface area contributed by atoms with E-state index in [9.17, 15) is 4.39 Å². The lowest BCUT2D eigenvalue weighted by Crippen LogP contribution is -2.13. The first kappa shape index (κ1) is 15.8. The highest BCUT2D eigenvalue weighted by atomic mass is 79.9. The van der Waals surface area contributed by atoms with Gasteiger partial charge in [0.05, 0.1) is 18.7 Å². The van der Waals surface area contributed by atoms with Crippen molar-refractivity contribution in [2.45, 2.75) is 12.5 Å². The van der Waals surface area contributed by atoms with E-state index in [0.29, 0.717) is 22.4 Å². The van der Waals surface area contributed by atoms with Crippen LogP contribution in [-0.2, 0) is 6.42 Å². The van der Waals surface area contributed by atoms with Crippen molar-refractivity contribution in [3.05, 3.63) is 57.8 Å². The number of rotatable bonds is 5. The monoisotopic (exact) mass is 353 g/mol. The van der Waals surface area contributed by atoms with Crippen LogP contribution in [0.1, 0.15) is 17.2 Å². The second-order valence-corrected chi connectivity index (χ2v) is 5.53. The summed E-state index contributed by atoms with van der Waals surface area (Å²) >= 11 is 3.17. The van der Waals surface area contributed by atoms with E-state index in [1.807, 2.05) is 18.2 Å². The summed E-state index contributed by atoms with van der Waals surface area (Å²) in [5, 5.41) is 0. The maximum Gasteiger partial charge on any atom is 0.160 e. The summed E-state index contributed by atoms with van der Waals surface area (Å²) in [6.45, 7) is 0. The first-order valence-electron chi connectivity index (χ1n) is 6.46. The summed E-state index contributed by atoms with van der Waals surface area (Å²) in [6, 6.07) is 10.3. The van der Waals surface area contributed by atoms with Crippen LogP contribution in [0.4, 0.5) is 4.39 Å². The third-order valence-corrected chi connectivity index (χ3v) is 3.88. The second-order valence-electron chi connectivity index (χ2n) is 4.67. The van der Waals surface area contributed by atoms with Gasteiger partial charge in [0.1, 0.15) is 5.82 Å². The molecule has 0 aliphatic heterocycles. The van der Waals surface area contributed by atoms with Gasteiger partial charge in [-0.1, -0.05) is 12.1 Å². The van der Waals surface area contributed by atoms with E-state index in [4.69, 9.17) is 15.2 Å². The van der Waals surface area contributed by atoms with E-state index < -0.39 is 0 Å². The fourth-order valence-electron chi connectivity index (χ4n) is 2.12. The third-order valence-electron chi connectivity index (χ3n) is 3.28. The standard InChI is InChI=1S/C16H17BrFNO2/c1-20-15-6-3-10(8-16(15)21-2)7-14(19)11-4-5-13(18)12(17)9-11/h3-6,8-9,14H,7,19H2,1-2H3. The van der Waals surface area contributed by atoms with Gasteiger partial charge in [-0.2, -0.15) is 0 Å². The summed E-state index contributed by atoms with van der Waals surface area (Å²) < 4.78 is 24.2. The molecule has 112 valence electrons. The van der Waals surface area contributed by atoms with E-state index >= 15 is 0 Å². The summed E-state index contributed by atoms with van der Waals surface area (Å²) in [4.78, 5) is 0. The topological polar surface area (TPSA) is 44.5 Å². The van der Waals surface area contributed by atoms with Crippen molar-refractivity contribution in [1.29, 1.82) is 0 Å². The molecular weight excluding hydrogens is 337 g/mol. The molecule has 5 heteroatoms. The first-order valence-corrected chi connectivity index (χ1v) is 7.26. The number of benzene rings is 2. The lowest BCUT2D eigenvalue weighted by atomic mass is 9.99. The molecule has 1 unspecified atom stereocenters. The highest BCUT2D eigenvalue weighted by Gasteiger charge is 2.11. The molecule has 2 aromatic carbocycles. The van der Waals surface area contributed by atoms with Crippen LogP contribution in [0.3, 0.4) is 0 Å². The number of hydrogen-bond acceptors (Lipinski definition) is 3. The molecule has 0 fully saturated rings. The molecule has 0 aliphatic rings. The van der Waals surface area contributed by atoms with Gasteiger partial charge in [0.25, 0.3) is 0 Å². The Labute approximate surface area is 132 Å². The normalized spacial score (nSPS) is 12.0. The van der Waals surface area contributed by atoms with E-state index in [2.05, 4.69) is 15.9 Å². The smallest absolute Gasteiger partial charge is 0.160 e. The fraction of sp³-hybridized carbons (Fsp3) is 0.250. The Morgan fingerprint density at radius 3 is 2.43 bits per heavy atom. The maximum absolute atomic E-state index is 13.3. The quantitative estimate of drug-likeness (QED) is 0.887. The second kappa shape index (κ2) is 6.91. The Morgan fingerprint density at radius 2 is 1.81 bits per heavy atom. The molecule has 0 amide bonds. The van der Waals surface area contributed by atoms with Crippen LogP contribution in [0.5, 0.6) is 11.5 Å². The maximum atomic E-state index is 13.3. The summed E-state index contributed by atoms with van der Waals surface area (Å²) in [5.41, 5.74) is 8.09. The van der Waals surface area contributed by atoms with Crippen LogP contribution in [0.2, 0.25) is 0 Å². The Kier molecular flexibility index (Phi) is 5.20. The van der Waals surface area contributed by atoms with Gasteiger partial charge in [0.2, 0.25) is 0 Å². The molecule has 0 saturated carbocycles. The predicted octanol–water partition coefficient (Wildman–Crippen LogP) is 3.85. The van der Waals surface area contributed by atoms with E-state index in [-0.39, 0.29) is 11.9 Å². The average Bonchev–Trinajstić information content (AvgIpc) is 2.49. The van der Waals surface area contributed by atoms with Crippen molar-refractivity contribution in [1.82, 2.24) is 0 Å². The van der Waals surface area contributed by atoms with E-state index in [1.54, 1.807) is 26.4 Å². The van der Waals surface area contributed by atoms with Gasteiger partial charge >= 0.3 is 0 Å². The molecule has 3 nitrogen and oxygen atoms in total. The predicted molar refractivity (Wildman–Crippen MR) is 84.3 cm³/mol. The zero-order valence-corrected chi connectivity index (χ0v) is 13.5. The summed E-state index contributed by atoms with van der Waals surface area (Å²) in [6.07, 6.45) is 0.623. The first-order chi connectivity index (χ1) is 10.0. The highest BCUT2D eigenvalue weighted by molar-refractivity contribution is 9.10. The van der Waals surface area contributed by atoms with Crippen molar-refractivity contribution in [2.75, 3.05) is 14.2 Å². The summed E-state index contributed by atoms with van der Waals surface area (Å²) in [5.74, 6) is 1.05. The molecule has 2 aromatic rings. The number of hydrogen-bond donors (Lipinski definition) is 1. The molecule has 0 spiro atoms. The minimum absolute atomic E-state index is 0.222. The number of ether oxygens (including phenoxy) is 2. The largest absolute Gasteiger partial charge is 0.493 e. The molecule has 1 atom stereocenters. The summed E-state index contributed by atoms with van der Waals surface area (Å²) in [7, 11) is 3.19. The van der Waals surface area contributed by atoms with Gasteiger partial charge in [0.15, 0.2) is 11.5 Å². The molecular formula is C16H17BrFNO2. The van der Waals surface area contributed by atoms with Crippen LogP contribution < -0.4 is 15.2 Å². The number of halogens is 2. The molecule has 2 N–H and O–H groups in total. The van der Waals surface area contributed by atoms with Crippen LogP contribution in [0, 0.1) is 5.82 Å². The van der Waals surface area contributed by atoms with Gasteiger partial charge in [-0.25, -0.2) is 4.39 Å². The zero-order chi connectivity index (χ0) is 15.4. The van der Waals surface area contributed by atoms with Gasteiger partial charge in [-0.15, -0.1) is 0 Å². The Bertz CT molecular complexity index is 634. The van der Waals surface area contributed by atoms with Gasteiger partial charge < -0.3 is 15.2 Å². The molecule has 0 heterocycles. The Hall–Kier alpha value is -1.59. The van der Waals surface area contributed by atoms with Crippen molar-refractivity contribution >= 4 is 15.9 Å². The van der Waals surface area contributed by atoms with E-state index in [0.717, 1.165) is 11.1 Å². The van der Waals surface area contributed by atoms with E-state index in [1.165, 1.54) is 6.07 Å². The molecule has 0 aliphatic carbocycles. The highest BCUT2D eigenvalue weighted by Crippen LogP contribution is 2.29. The molecule has 0 radical (unpaired) electrons. The fourth-order valence-corrected chi connectivity index (χ4v) is 2.52. The van der Waals surface area contributed by atoms with Crippen LogP contribution in [-0.4, -0.2) is 14.2 Å².